The molecule has 92 valence electrons. The van der Waals surface area contributed by atoms with E-state index in [1.54, 1.807) is 7.11 Å². The summed E-state index contributed by atoms with van der Waals surface area (Å²) in [5, 5.41) is 0. The molecule has 0 spiro atoms. The minimum absolute atomic E-state index is 0.765. The van der Waals surface area contributed by atoms with E-state index in [9.17, 15) is 0 Å². The summed E-state index contributed by atoms with van der Waals surface area (Å²) in [6, 6.07) is 4.53. The predicted molar refractivity (Wildman–Crippen MR) is 73.0 cm³/mol. The maximum atomic E-state index is 5.23. The number of rotatable bonds is 4. The van der Waals surface area contributed by atoms with Gasteiger partial charge in [-0.1, -0.05) is 31.9 Å². The largest absolute Gasteiger partial charge is 0.497 e. The molecule has 0 aromatic heterocycles. The molecule has 1 fully saturated rings. The highest BCUT2D eigenvalue weighted by Gasteiger charge is 2.19. The van der Waals surface area contributed by atoms with Gasteiger partial charge >= 0.3 is 0 Å². The zero-order chi connectivity index (χ0) is 12.4. The lowest BCUT2D eigenvalue weighted by Crippen LogP contribution is -2.14. The number of hydrogen-bond donors (Lipinski definition) is 0. The van der Waals surface area contributed by atoms with E-state index < -0.39 is 0 Å². The first-order valence-corrected chi connectivity index (χ1v) is 6.45. The van der Waals surface area contributed by atoms with E-state index in [1.165, 1.54) is 42.4 Å². The Morgan fingerprint density at radius 3 is 2.53 bits per heavy atom. The second kappa shape index (κ2) is 4.95. The van der Waals surface area contributed by atoms with Gasteiger partial charge in [-0.05, 0) is 48.9 Å². The molecule has 0 unspecified atom stereocenters. The summed E-state index contributed by atoms with van der Waals surface area (Å²) in [6.45, 7) is 8.28. The highest BCUT2D eigenvalue weighted by molar-refractivity contribution is 5.62. The second-order valence-corrected chi connectivity index (χ2v) is 5.22. The molecule has 2 rings (SSSR count). The molecule has 0 heterocycles. The maximum Gasteiger partial charge on any atom is 0.119 e. The predicted octanol–water partition coefficient (Wildman–Crippen LogP) is 4.26. The molecule has 1 saturated carbocycles. The van der Waals surface area contributed by atoms with Crippen LogP contribution in [0.5, 0.6) is 0 Å². The first-order chi connectivity index (χ1) is 8.11. The van der Waals surface area contributed by atoms with Crippen molar-refractivity contribution in [3.63, 3.8) is 0 Å². The van der Waals surface area contributed by atoms with Crippen molar-refractivity contribution in [3.05, 3.63) is 41.0 Å². The number of aryl methyl sites for hydroxylation is 2. The van der Waals surface area contributed by atoms with Crippen molar-refractivity contribution < 1.29 is 4.74 Å². The van der Waals surface area contributed by atoms with Crippen LogP contribution in [-0.4, -0.2) is 7.11 Å². The van der Waals surface area contributed by atoms with E-state index in [2.05, 4.69) is 32.6 Å². The van der Waals surface area contributed by atoms with Crippen molar-refractivity contribution in [2.24, 2.45) is 5.92 Å². The SMILES string of the molecule is C=C(OC)c1cc(C)c(CC2CCC2)cc1C. The van der Waals surface area contributed by atoms with Crippen molar-refractivity contribution in [2.45, 2.75) is 39.5 Å². The van der Waals surface area contributed by atoms with Crippen LogP contribution in [0, 0.1) is 19.8 Å². The highest BCUT2D eigenvalue weighted by Crippen LogP contribution is 2.32. The van der Waals surface area contributed by atoms with Crippen LogP contribution in [0.4, 0.5) is 0 Å². The Hall–Kier alpha value is -1.24. The first-order valence-electron chi connectivity index (χ1n) is 6.45. The van der Waals surface area contributed by atoms with Crippen molar-refractivity contribution in [1.29, 1.82) is 0 Å². The molecule has 0 amide bonds. The molecular weight excluding hydrogens is 208 g/mol. The highest BCUT2D eigenvalue weighted by atomic mass is 16.5. The van der Waals surface area contributed by atoms with E-state index in [1.807, 2.05) is 0 Å². The molecule has 1 aliphatic carbocycles. The number of methoxy groups -OCH3 is 1. The molecule has 0 atom stereocenters. The minimum atomic E-state index is 0.765. The van der Waals surface area contributed by atoms with Crippen LogP contribution in [0.3, 0.4) is 0 Å². The fraction of sp³-hybridized carbons (Fsp3) is 0.500. The van der Waals surface area contributed by atoms with Crippen molar-refractivity contribution in [1.82, 2.24) is 0 Å². The van der Waals surface area contributed by atoms with Gasteiger partial charge in [0.2, 0.25) is 0 Å². The van der Waals surface area contributed by atoms with Gasteiger partial charge < -0.3 is 4.74 Å². The lowest BCUT2D eigenvalue weighted by atomic mass is 9.79. The Bertz CT molecular complexity index is 427. The summed E-state index contributed by atoms with van der Waals surface area (Å²) in [7, 11) is 1.68. The van der Waals surface area contributed by atoms with E-state index in [-0.39, 0.29) is 0 Å². The summed E-state index contributed by atoms with van der Waals surface area (Å²) in [4.78, 5) is 0. The van der Waals surface area contributed by atoms with E-state index in [0.29, 0.717) is 0 Å². The van der Waals surface area contributed by atoms with Gasteiger partial charge in [0, 0.05) is 5.56 Å². The molecule has 1 heteroatoms. The Balaban J connectivity index is 2.24. The third kappa shape index (κ3) is 2.54. The van der Waals surface area contributed by atoms with Crippen LogP contribution in [-0.2, 0) is 11.2 Å². The van der Waals surface area contributed by atoms with Crippen molar-refractivity contribution >= 4 is 5.76 Å². The fourth-order valence-electron chi connectivity index (χ4n) is 2.51. The standard InChI is InChI=1S/C16H22O/c1-11-9-16(13(3)17-4)12(2)8-15(11)10-14-6-5-7-14/h8-9,14H,3,5-7,10H2,1-2,4H3. The number of ether oxygens (including phenoxy) is 1. The normalized spacial score (nSPS) is 15.5. The lowest BCUT2D eigenvalue weighted by molar-refractivity contribution is 0.314. The second-order valence-electron chi connectivity index (χ2n) is 5.22. The van der Waals surface area contributed by atoms with Crippen molar-refractivity contribution in [3.8, 4) is 0 Å². The Kier molecular flexibility index (Phi) is 3.56. The van der Waals surface area contributed by atoms with Crippen molar-refractivity contribution in [2.75, 3.05) is 7.11 Å². The van der Waals surface area contributed by atoms with E-state index in [4.69, 9.17) is 4.74 Å². The lowest BCUT2D eigenvalue weighted by Gasteiger charge is -2.26. The van der Waals surface area contributed by atoms with Gasteiger partial charge in [-0.2, -0.15) is 0 Å². The molecule has 0 N–H and O–H groups in total. The summed E-state index contributed by atoms with van der Waals surface area (Å²) < 4.78 is 5.23. The zero-order valence-electron chi connectivity index (χ0n) is 11.2. The van der Waals surface area contributed by atoms with Crippen LogP contribution in [0.2, 0.25) is 0 Å². The molecule has 0 saturated heterocycles. The van der Waals surface area contributed by atoms with Crippen LogP contribution in [0.1, 0.15) is 41.5 Å². The molecule has 1 aromatic rings. The van der Waals surface area contributed by atoms with Gasteiger partial charge in [-0.15, -0.1) is 0 Å². The van der Waals surface area contributed by atoms with Crippen LogP contribution in [0.25, 0.3) is 5.76 Å². The monoisotopic (exact) mass is 230 g/mol. The molecule has 0 bridgehead atoms. The summed E-state index contributed by atoms with van der Waals surface area (Å²) in [5.41, 5.74) is 5.29. The smallest absolute Gasteiger partial charge is 0.119 e. The van der Waals surface area contributed by atoms with E-state index in [0.717, 1.165) is 17.2 Å². The quantitative estimate of drug-likeness (QED) is 0.702. The summed E-state index contributed by atoms with van der Waals surface area (Å²) in [6.07, 6.45) is 5.48. The van der Waals surface area contributed by atoms with Crippen LogP contribution >= 0.6 is 0 Å². The fourth-order valence-corrected chi connectivity index (χ4v) is 2.51. The minimum Gasteiger partial charge on any atom is -0.497 e. The van der Waals surface area contributed by atoms with Crippen LogP contribution < -0.4 is 0 Å². The Morgan fingerprint density at radius 1 is 1.29 bits per heavy atom. The maximum absolute atomic E-state index is 5.23. The summed E-state index contributed by atoms with van der Waals surface area (Å²) in [5.74, 6) is 1.69. The average molecular weight is 230 g/mol. The van der Waals surface area contributed by atoms with E-state index >= 15 is 0 Å². The zero-order valence-corrected chi connectivity index (χ0v) is 11.2. The molecule has 17 heavy (non-hydrogen) atoms. The topological polar surface area (TPSA) is 9.23 Å². The van der Waals surface area contributed by atoms with Gasteiger partial charge in [0.1, 0.15) is 5.76 Å². The van der Waals surface area contributed by atoms with Gasteiger partial charge in [0.25, 0.3) is 0 Å². The molecule has 0 radical (unpaired) electrons. The third-order valence-corrected chi connectivity index (χ3v) is 3.96. The molecule has 1 aromatic carbocycles. The molecule has 0 aliphatic heterocycles. The van der Waals surface area contributed by atoms with Crippen LogP contribution in [0.15, 0.2) is 18.7 Å². The number of hydrogen-bond acceptors (Lipinski definition) is 1. The molecule has 1 nitrogen and oxygen atoms in total. The third-order valence-electron chi connectivity index (χ3n) is 3.96. The summed E-state index contributed by atoms with van der Waals surface area (Å²) >= 11 is 0. The Labute approximate surface area is 104 Å². The van der Waals surface area contributed by atoms with Gasteiger partial charge in [0.05, 0.1) is 7.11 Å². The van der Waals surface area contributed by atoms with Gasteiger partial charge in [0.15, 0.2) is 0 Å². The molecular formula is C16H22O. The number of benzene rings is 1. The molecule has 1 aliphatic rings. The van der Waals surface area contributed by atoms with Gasteiger partial charge in [-0.3, -0.25) is 0 Å². The average Bonchev–Trinajstić information content (AvgIpc) is 2.26. The Morgan fingerprint density at radius 2 is 2.00 bits per heavy atom. The first kappa shape index (κ1) is 12.2. The van der Waals surface area contributed by atoms with Gasteiger partial charge in [-0.25, -0.2) is 0 Å².